The Balaban J connectivity index is 1.58. The number of amides is 1. The van der Waals surface area contributed by atoms with Gasteiger partial charge in [0.05, 0.1) is 5.41 Å². The van der Waals surface area contributed by atoms with Crippen molar-refractivity contribution in [2.24, 2.45) is 5.41 Å². The van der Waals surface area contributed by atoms with E-state index in [0.29, 0.717) is 18.7 Å². The monoisotopic (exact) mass is 343 g/mol. The number of nitrogens with one attached hydrogen (secondary N) is 1. The molecule has 8 heteroatoms. The highest BCUT2D eigenvalue weighted by atomic mass is 16.4. The van der Waals surface area contributed by atoms with Crippen molar-refractivity contribution >= 4 is 11.9 Å². The maximum absolute atomic E-state index is 12.1. The molecule has 0 unspecified atom stereocenters. The predicted octanol–water partition coefficient (Wildman–Crippen LogP) is 1.49. The molecule has 0 saturated heterocycles. The van der Waals surface area contributed by atoms with Crippen molar-refractivity contribution in [3.05, 3.63) is 30.3 Å². The SMILES string of the molecule is O=C(Cn1nnc(-c2ccccc2)n1)NCC1(C(=O)O)CCCCC1. The first-order chi connectivity index (χ1) is 12.1. The molecule has 1 aromatic heterocycles. The lowest BCUT2D eigenvalue weighted by molar-refractivity contribution is -0.151. The summed E-state index contributed by atoms with van der Waals surface area (Å²) in [4.78, 5) is 25.0. The molecular weight excluding hydrogens is 322 g/mol. The largest absolute Gasteiger partial charge is 0.481 e. The molecule has 0 bridgehead atoms. The number of carbonyl (C=O) groups excluding carboxylic acids is 1. The standard InChI is InChI=1S/C17H21N5O3/c23-14(18-12-17(16(24)25)9-5-2-6-10-17)11-22-20-15(19-21-22)13-7-3-1-4-8-13/h1,3-4,7-8H,2,5-6,9-12H2,(H,18,23)(H,24,25). The zero-order valence-corrected chi connectivity index (χ0v) is 13.9. The van der Waals surface area contributed by atoms with Gasteiger partial charge in [-0.05, 0) is 18.1 Å². The molecule has 1 heterocycles. The number of carboxylic acid groups (broad SMARTS) is 1. The second kappa shape index (κ2) is 7.42. The first-order valence-corrected chi connectivity index (χ1v) is 8.42. The number of tetrazole rings is 1. The molecule has 3 rings (SSSR count). The van der Waals surface area contributed by atoms with Crippen LogP contribution in [0.25, 0.3) is 11.4 Å². The lowest BCUT2D eigenvalue weighted by atomic mass is 9.74. The van der Waals surface area contributed by atoms with Crippen molar-refractivity contribution in [2.45, 2.75) is 38.6 Å². The molecule has 0 atom stereocenters. The second-order valence-corrected chi connectivity index (χ2v) is 6.43. The highest BCUT2D eigenvalue weighted by molar-refractivity contribution is 5.79. The lowest BCUT2D eigenvalue weighted by Crippen LogP contribution is -2.45. The Bertz CT molecular complexity index is 738. The highest BCUT2D eigenvalue weighted by Crippen LogP contribution is 2.35. The van der Waals surface area contributed by atoms with Crippen LogP contribution in [0, 0.1) is 5.41 Å². The van der Waals surface area contributed by atoms with Crippen LogP contribution in [0.5, 0.6) is 0 Å². The maximum Gasteiger partial charge on any atom is 0.311 e. The Hall–Kier alpha value is -2.77. The van der Waals surface area contributed by atoms with E-state index in [1.807, 2.05) is 30.3 Å². The summed E-state index contributed by atoms with van der Waals surface area (Å²) in [5.74, 6) is -0.705. The number of nitrogens with zero attached hydrogens (tertiary/aromatic N) is 4. The van der Waals surface area contributed by atoms with Crippen molar-refractivity contribution in [1.29, 1.82) is 0 Å². The second-order valence-electron chi connectivity index (χ2n) is 6.43. The van der Waals surface area contributed by atoms with Crippen molar-refractivity contribution in [2.75, 3.05) is 6.54 Å². The Morgan fingerprint density at radius 1 is 1.16 bits per heavy atom. The number of carboxylic acids is 1. The molecule has 1 amide bonds. The van der Waals surface area contributed by atoms with Crippen LogP contribution >= 0.6 is 0 Å². The number of aliphatic carboxylic acids is 1. The van der Waals surface area contributed by atoms with E-state index >= 15 is 0 Å². The van der Waals surface area contributed by atoms with Crippen molar-refractivity contribution < 1.29 is 14.7 Å². The van der Waals surface area contributed by atoms with Gasteiger partial charge in [0.25, 0.3) is 0 Å². The zero-order valence-electron chi connectivity index (χ0n) is 13.9. The molecule has 1 aliphatic rings. The van der Waals surface area contributed by atoms with Crippen LogP contribution in [-0.4, -0.2) is 43.7 Å². The molecule has 0 radical (unpaired) electrons. The van der Waals surface area contributed by atoms with E-state index in [1.54, 1.807) is 0 Å². The molecule has 132 valence electrons. The molecule has 1 saturated carbocycles. The lowest BCUT2D eigenvalue weighted by Gasteiger charge is -2.33. The molecule has 2 N–H and O–H groups in total. The normalized spacial score (nSPS) is 16.3. The fourth-order valence-corrected chi connectivity index (χ4v) is 3.16. The van der Waals surface area contributed by atoms with Crippen LogP contribution in [0.4, 0.5) is 0 Å². The third-order valence-electron chi connectivity index (χ3n) is 4.66. The average Bonchev–Trinajstić information content (AvgIpc) is 3.10. The molecule has 0 spiro atoms. The molecular formula is C17H21N5O3. The number of aromatic nitrogens is 4. The Morgan fingerprint density at radius 2 is 1.88 bits per heavy atom. The van der Waals surface area contributed by atoms with Crippen molar-refractivity contribution in [3.63, 3.8) is 0 Å². The number of hydrogen-bond acceptors (Lipinski definition) is 5. The van der Waals surface area contributed by atoms with Crippen LogP contribution < -0.4 is 5.32 Å². The van der Waals surface area contributed by atoms with E-state index in [9.17, 15) is 14.7 Å². The van der Waals surface area contributed by atoms with Gasteiger partial charge in [0, 0.05) is 12.1 Å². The molecule has 2 aromatic rings. The molecule has 1 fully saturated rings. The summed E-state index contributed by atoms with van der Waals surface area (Å²) in [7, 11) is 0. The summed E-state index contributed by atoms with van der Waals surface area (Å²) in [6.45, 7) is 0.0525. The summed E-state index contributed by atoms with van der Waals surface area (Å²) in [6, 6.07) is 9.36. The highest BCUT2D eigenvalue weighted by Gasteiger charge is 2.39. The molecule has 1 aliphatic carbocycles. The van der Waals surface area contributed by atoms with Gasteiger partial charge < -0.3 is 10.4 Å². The van der Waals surface area contributed by atoms with Gasteiger partial charge >= 0.3 is 5.97 Å². The van der Waals surface area contributed by atoms with Crippen molar-refractivity contribution in [1.82, 2.24) is 25.5 Å². The van der Waals surface area contributed by atoms with E-state index in [4.69, 9.17) is 0 Å². The smallest absolute Gasteiger partial charge is 0.311 e. The van der Waals surface area contributed by atoms with Gasteiger partial charge in [-0.25, -0.2) is 0 Å². The number of benzene rings is 1. The Kier molecular flexibility index (Phi) is 5.06. The van der Waals surface area contributed by atoms with E-state index in [-0.39, 0.29) is 19.0 Å². The fraction of sp³-hybridized carbons (Fsp3) is 0.471. The minimum Gasteiger partial charge on any atom is -0.481 e. The maximum atomic E-state index is 12.1. The van der Waals surface area contributed by atoms with Gasteiger partial charge in [0.15, 0.2) is 0 Å². The van der Waals surface area contributed by atoms with Crippen LogP contribution in [-0.2, 0) is 16.1 Å². The van der Waals surface area contributed by atoms with Gasteiger partial charge in [-0.3, -0.25) is 9.59 Å². The average molecular weight is 343 g/mol. The van der Waals surface area contributed by atoms with E-state index in [0.717, 1.165) is 24.8 Å². The van der Waals surface area contributed by atoms with Crippen molar-refractivity contribution in [3.8, 4) is 11.4 Å². The van der Waals surface area contributed by atoms with Gasteiger partial charge in [0.1, 0.15) is 6.54 Å². The quantitative estimate of drug-likeness (QED) is 0.822. The molecule has 0 aliphatic heterocycles. The minimum atomic E-state index is -0.848. The minimum absolute atomic E-state index is 0.0878. The zero-order chi connectivity index (χ0) is 17.7. The summed E-state index contributed by atoms with van der Waals surface area (Å²) in [6.07, 6.45) is 4.01. The Morgan fingerprint density at radius 3 is 2.56 bits per heavy atom. The summed E-state index contributed by atoms with van der Waals surface area (Å²) in [5, 5.41) is 24.3. The van der Waals surface area contributed by atoms with E-state index < -0.39 is 11.4 Å². The van der Waals surface area contributed by atoms with Gasteiger partial charge in [-0.1, -0.05) is 49.6 Å². The third kappa shape index (κ3) is 4.01. The van der Waals surface area contributed by atoms with Gasteiger partial charge in [-0.15, -0.1) is 10.2 Å². The molecule has 1 aromatic carbocycles. The van der Waals surface area contributed by atoms with E-state index in [2.05, 4.69) is 20.7 Å². The summed E-state index contributed by atoms with van der Waals surface area (Å²) in [5.41, 5.74) is -0.0278. The predicted molar refractivity (Wildman–Crippen MR) is 89.4 cm³/mol. The van der Waals surface area contributed by atoms with Crippen LogP contribution in [0.15, 0.2) is 30.3 Å². The number of hydrogen-bond donors (Lipinski definition) is 2. The van der Waals surface area contributed by atoms with E-state index in [1.165, 1.54) is 4.80 Å². The summed E-state index contributed by atoms with van der Waals surface area (Å²) < 4.78 is 0. The fourth-order valence-electron chi connectivity index (χ4n) is 3.16. The topological polar surface area (TPSA) is 110 Å². The third-order valence-corrected chi connectivity index (χ3v) is 4.66. The molecule has 8 nitrogen and oxygen atoms in total. The Labute approximate surface area is 145 Å². The number of rotatable bonds is 6. The van der Waals surface area contributed by atoms with Crippen LogP contribution in [0.3, 0.4) is 0 Å². The summed E-state index contributed by atoms with van der Waals surface area (Å²) >= 11 is 0. The molecule has 25 heavy (non-hydrogen) atoms. The first-order valence-electron chi connectivity index (χ1n) is 8.42. The van der Waals surface area contributed by atoms with Crippen LogP contribution in [0.1, 0.15) is 32.1 Å². The van der Waals surface area contributed by atoms with Gasteiger partial charge in [0.2, 0.25) is 11.7 Å². The van der Waals surface area contributed by atoms with Gasteiger partial charge in [-0.2, -0.15) is 4.80 Å². The van der Waals surface area contributed by atoms with Crippen LogP contribution in [0.2, 0.25) is 0 Å². The first kappa shape index (κ1) is 17.1. The number of carbonyl (C=O) groups is 2.